The molecular formula is C17H18N6S. The molecule has 3 aromatic rings. The first-order valence-electron chi connectivity index (χ1n) is 7.92. The average Bonchev–Trinajstić information content (AvgIpc) is 3.17. The molecule has 6 nitrogen and oxygen atoms in total. The van der Waals surface area contributed by atoms with Crippen LogP contribution in [0.4, 0.5) is 5.95 Å². The van der Waals surface area contributed by atoms with Crippen LogP contribution in [0.5, 0.6) is 0 Å². The van der Waals surface area contributed by atoms with Crippen molar-refractivity contribution in [1.82, 2.24) is 24.8 Å². The van der Waals surface area contributed by atoms with E-state index in [0.717, 1.165) is 54.0 Å². The maximum atomic E-state index is 4.88. The van der Waals surface area contributed by atoms with Gasteiger partial charge in [-0.2, -0.15) is 0 Å². The van der Waals surface area contributed by atoms with Crippen LogP contribution < -0.4 is 4.90 Å². The van der Waals surface area contributed by atoms with Gasteiger partial charge in [-0.05, 0) is 18.5 Å². The third-order valence-corrected chi connectivity index (χ3v) is 5.03. The van der Waals surface area contributed by atoms with E-state index in [1.165, 1.54) is 0 Å². The highest BCUT2D eigenvalue weighted by atomic mass is 32.1. The summed E-state index contributed by atoms with van der Waals surface area (Å²) in [5.74, 6) is 0.791. The van der Waals surface area contributed by atoms with Crippen molar-refractivity contribution in [3.8, 4) is 21.8 Å². The second-order valence-electron chi connectivity index (χ2n) is 5.79. The van der Waals surface area contributed by atoms with E-state index in [-0.39, 0.29) is 0 Å². The highest BCUT2D eigenvalue weighted by Crippen LogP contribution is 2.32. The summed E-state index contributed by atoms with van der Waals surface area (Å²) < 4.78 is 0. The van der Waals surface area contributed by atoms with Crippen molar-refractivity contribution in [2.75, 3.05) is 38.1 Å². The van der Waals surface area contributed by atoms with Gasteiger partial charge in [-0.25, -0.2) is 9.97 Å². The number of hydrogen-bond acceptors (Lipinski definition) is 7. The smallest absolute Gasteiger partial charge is 0.226 e. The van der Waals surface area contributed by atoms with Crippen molar-refractivity contribution >= 4 is 17.3 Å². The normalized spacial score (nSPS) is 15.6. The van der Waals surface area contributed by atoms with Gasteiger partial charge in [0.1, 0.15) is 0 Å². The molecule has 0 aliphatic carbocycles. The molecule has 0 radical (unpaired) electrons. The van der Waals surface area contributed by atoms with Crippen LogP contribution in [0.25, 0.3) is 21.8 Å². The minimum atomic E-state index is 0.791. The molecule has 1 aliphatic heterocycles. The van der Waals surface area contributed by atoms with Gasteiger partial charge < -0.3 is 9.80 Å². The van der Waals surface area contributed by atoms with Crippen molar-refractivity contribution in [2.24, 2.45) is 0 Å². The van der Waals surface area contributed by atoms with Gasteiger partial charge in [0.25, 0.3) is 0 Å². The zero-order chi connectivity index (χ0) is 16.4. The largest absolute Gasteiger partial charge is 0.338 e. The Balaban J connectivity index is 1.76. The highest BCUT2D eigenvalue weighted by molar-refractivity contribution is 7.13. The van der Waals surface area contributed by atoms with Crippen LogP contribution in [0.1, 0.15) is 0 Å². The Morgan fingerprint density at radius 3 is 2.62 bits per heavy atom. The van der Waals surface area contributed by atoms with E-state index >= 15 is 0 Å². The summed E-state index contributed by atoms with van der Waals surface area (Å²) in [6.45, 7) is 3.96. The van der Waals surface area contributed by atoms with E-state index in [4.69, 9.17) is 4.98 Å². The Labute approximate surface area is 144 Å². The standard InChI is InChI=1S/C17H18N6S/c1-22-6-8-23(9-7-22)17-20-11-13(14-12-18-4-5-19-14)16(21-17)15-3-2-10-24-15/h2-5,10-12H,6-9H2,1H3. The van der Waals surface area contributed by atoms with Crippen LogP contribution in [0.15, 0.2) is 42.3 Å². The molecule has 0 saturated carbocycles. The molecule has 1 aliphatic rings. The molecule has 24 heavy (non-hydrogen) atoms. The number of anilines is 1. The lowest BCUT2D eigenvalue weighted by atomic mass is 10.1. The second kappa shape index (κ2) is 6.62. The van der Waals surface area contributed by atoms with Gasteiger partial charge in [0.15, 0.2) is 0 Å². The first kappa shape index (κ1) is 15.2. The molecule has 0 amide bonds. The number of rotatable bonds is 3. The van der Waals surface area contributed by atoms with Gasteiger partial charge in [0.2, 0.25) is 5.95 Å². The minimum absolute atomic E-state index is 0.791. The number of thiophene rings is 1. The zero-order valence-electron chi connectivity index (χ0n) is 13.5. The Kier molecular flexibility index (Phi) is 4.18. The van der Waals surface area contributed by atoms with Crippen LogP contribution >= 0.6 is 11.3 Å². The molecule has 122 valence electrons. The topological polar surface area (TPSA) is 58.0 Å². The average molecular weight is 338 g/mol. The first-order valence-corrected chi connectivity index (χ1v) is 8.80. The third-order valence-electron chi connectivity index (χ3n) is 4.16. The number of aromatic nitrogens is 4. The van der Waals surface area contributed by atoms with Gasteiger partial charge in [-0.1, -0.05) is 6.07 Å². The maximum absolute atomic E-state index is 4.88. The molecule has 7 heteroatoms. The van der Waals surface area contributed by atoms with Crippen molar-refractivity contribution in [3.63, 3.8) is 0 Å². The van der Waals surface area contributed by atoms with Crippen LogP contribution in [0, 0.1) is 0 Å². The lowest BCUT2D eigenvalue weighted by molar-refractivity contribution is 0.311. The van der Waals surface area contributed by atoms with Crippen LogP contribution in [-0.2, 0) is 0 Å². The van der Waals surface area contributed by atoms with Gasteiger partial charge in [-0.15, -0.1) is 11.3 Å². The lowest BCUT2D eigenvalue weighted by Gasteiger charge is -2.32. The Bertz CT molecular complexity index is 797. The van der Waals surface area contributed by atoms with E-state index in [1.54, 1.807) is 29.9 Å². The molecule has 3 aromatic heterocycles. The van der Waals surface area contributed by atoms with E-state index < -0.39 is 0 Å². The summed E-state index contributed by atoms with van der Waals surface area (Å²) >= 11 is 1.68. The molecule has 0 bridgehead atoms. The van der Waals surface area contributed by atoms with Gasteiger partial charge in [-0.3, -0.25) is 9.97 Å². The molecule has 1 saturated heterocycles. The molecule has 4 rings (SSSR count). The minimum Gasteiger partial charge on any atom is -0.338 e. The number of hydrogen-bond donors (Lipinski definition) is 0. The third kappa shape index (κ3) is 3.00. The maximum Gasteiger partial charge on any atom is 0.226 e. The second-order valence-corrected chi connectivity index (χ2v) is 6.74. The number of likely N-dealkylation sites (N-methyl/N-ethyl adjacent to an activating group) is 1. The monoisotopic (exact) mass is 338 g/mol. The predicted molar refractivity (Wildman–Crippen MR) is 96.1 cm³/mol. The molecule has 0 aromatic carbocycles. The van der Waals surface area contributed by atoms with Crippen LogP contribution in [0.2, 0.25) is 0 Å². The fourth-order valence-electron chi connectivity index (χ4n) is 2.76. The van der Waals surface area contributed by atoms with Gasteiger partial charge in [0.05, 0.1) is 22.5 Å². The Morgan fingerprint density at radius 2 is 1.92 bits per heavy atom. The van der Waals surface area contributed by atoms with E-state index in [0.29, 0.717) is 0 Å². The Hall–Kier alpha value is -2.38. The van der Waals surface area contributed by atoms with Crippen molar-refractivity contribution in [1.29, 1.82) is 0 Å². The molecule has 1 fully saturated rings. The molecular weight excluding hydrogens is 320 g/mol. The van der Waals surface area contributed by atoms with Crippen LogP contribution in [0.3, 0.4) is 0 Å². The Morgan fingerprint density at radius 1 is 1.04 bits per heavy atom. The van der Waals surface area contributed by atoms with E-state index in [1.807, 2.05) is 12.3 Å². The first-order chi connectivity index (χ1) is 11.8. The van der Waals surface area contributed by atoms with Crippen LogP contribution in [-0.4, -0.2) is 58.1 Å². The van der Waals surface area contributed by atoms with Crippen molar-refractivity contribution < 1.29 is 0 Å². The molecule has 4 heterocycles. The van der Waals surface area contributed by atoms with Crippen molar-refractivity contribution in [2.45, 2.75) is 0 Å². The predicted octanol–water partition coefficient (Wildman–Crippen LogP) is 2.41. The van der Waals surface area contributed by atoms with E-state index in [2.05, 4.69) is 43.2 Å². The fraction of sp³-hybridized carbons (Fsp3) is 0.294. The highest BCUT2D eigenvalue weighted by Gasteiger charge is 2.19. The number of piperazine rings is 1. The summed E-state index contributed by atoms with van der Waals surface area (Å²) in [5, 5.41) is 2.06. The lowest BCUT2D eigenvalue weighted by Crippen LogP contribution is -2.45. The summed E-state index contributed by atoms with van der Waals surface area (Å²) in [6, 6.07) is 4.12. The summed E-state index contributed by atoms with van der Waals surface area (Å²) in [4.78, 5) is 23.8. The summed E-state index contributed by atoms with van der Waals surface area (Å²) in [7, 11) is 2.15. The molecule has 0 unspecified atom stereocenters. The summed E-state index contributed by atoms with van der Waals surface area (Å²) in [6.07, 6.45) is 7.00. The molecule has 0 N–H and O–H groups in total. The quantitative estimate of drug-likeness (QED) is 0.731. The van der Waals surface area contributed by atoms with Crippen molar-refractivity contribution in [3.05, 3.63) is 42.3 Å². The zero-order valence-corrected chi connectivity index (χ0v) is 14.3. The van der Waals surface area contributed by atoms with E-state index in [9.17, 15) is 0 Å². The summed E-state index contributed by atoms with van der Waals surface area (Å²) in [5.41, 5.74) is 2.64. The molecule has 0 spiro atoms. The SMILES string of the molecule is CN1CCN(c2ncc(-c3cnccn3)c(-c3cccs3)n2)CC1. The molecule has 0 atom stereocenters. The number of nitrogens with zero attached hydrogens (tertiary/aromatic N) is 6. The van der Waals surface area contributed by atoms with Gasteiger partial charge >= 0.3 is 0 Å². The van der Waals surface area contributed by atoms with Gasteiger partial charge in [0, 0.05) is 50.3 Å². The fourth-order valence-corrected chi connectivity index (χ4v) is 3.49.